The summed E-state index contributed by atoms with van der Waals surface area (Å²) in [6, 6.07) is 9.03. The van der Waals surface area contributed by atoms with Gasteiger partial charge in [0.15, 0.2) is 6.10 Å². The fourth-order valence-electron chi connectivity index (χ4n) is 1.61. The molecule has 1 atom stereocenters. The Morgan fingerprint density at radius 1 is 1.21 bits per heavy atom. The van der Waals surface area contributed by atoms with Crippen molar-refractivity contribution < 1.29 is 18.7 Å². The Bertz CT molecular complexity index is 746. The van der Waals surface area contributed by atoms with E-state index < -0.39 is 23.7 Å². The van der Waals surface area contributed by atoms with Crippen LogP contribution in [-0.4, -0.2) is 17.9 Å². The van der Waals surface area contributed by atoms with E-state index in [2.05, 4.69) is 26.8 Å². The highest BCUT2D eigenvalue weighted by molar-refractivity contribution is 9.11. The molecule has 2 aromatic rings. The van der Waals surface area contributed by atoms with Gasteiger partial charge in [0.2, 0.25) is 0 Å². The molecule has 5 nitrogen and oxygen atoms in total. The monoisotopic (exact) mass is 412 g/mol. The lowest BCUT2D eigenvalue weighted by Gasteiger charge is -2.14. The number of carbonyl (C=O) groups excluding carboxylic acids is 2. The van der Waals surface area contributed by atoms with Gasteiger partial charge in [-0.3, -0.25) is 20.4 Å². The van der Waals surface area contributed by atoms with E-state index in [9.17, 15) is 14.0 Å². The van der Waals surface area contributed by atoms with Gasteiger partial charge in [-0.25, -0.2) is 4.39 Å². The molecular weight excluding hydrogens is 399 g/mol. The first-order valence-corrected chi connectivity index (χ1v) is 8.50. The molecule has 1 heterocycles. The van der Waals surface area contributed by atoms with Crippen LogP contribution in [0, 0.1) is 5.82 Å². The van der Waals surface area contributed by atoms with E-state index >= 15 is 0 Å². The van der Waals surface area contributed by atoms with Crippen molar-refractivity contribution >= 4 is 45.2 Å². The Labute approximate surface area is 150 Å². The summed E-state index contributed by atoms with van der Waals surface area (Å²) in [6.07, 6.45) is 2.09. The van der Waals surface area contributed by atoms with Crippen LogP contribution in [0.2, 0.25) is 0 Å². The number of carbonyl (C=O) groups is 2. The maximum absolute atomic E-state index is 12.8. The normalized spacial score (nSPS) is 12.0. The number of benzene rings is 1. The van der Waals surface area contributed by atoms with Crippen molar-refractivity contribution in [2.45, 2.75) is 13.0 Å². The van der Waals surface area contributed by atoms with Gasteiger partial charge in [-0.15, -0.1) is 11.3 Å². The SMILES string of the molecule is C[C@H](Oc1ccc(F)cc1)C(=O)NNC(=O)/C=C/c1ccc(Br)s1. The molecule has 2 rings (SSSR count). The largest absolute Gasteiger partial charge is 0.481 e. The summed E-state index contributed by atoms with van der Waals surface area (Å²) in [4.78, 5) is 24.4. The minimum absolute atomic E-state index is 0.355. The van der Waals surface area contributed by atoms with Gasteiger partial charge in [0, 0.05) is 11.0 Å². The Hall–Kier alpha value is -2.19. The molecule has 2 amide bonds. The fraction of sp³-hybridized carbons (Fsp3) is 0.125. The minimum atomic E-state index is -0.854. The van der Waals surface area contributed by atoms with E-state index in [0.717, 1.165) is 8.66 Å². The van der Waals surface area contributed by atoms with Crippen molar-refractivity contribution in [3.8, 4) is 5.75 Å². The van der Waals surface area contributed by atoms with Crippen molar-refractivity contribution in [2.24, 2.45) is 0 Å². The average Bonchev–Trinajstić information content (AvgIpc) is 2.98. The second kappa shape index (κ2) is 8.60. The van der Waals surface area contributed by atoms with Crippen molar-refractivity contribution in [3.63, 3.8) is 0 Å². The summed E-state index contributed by atoms with van der Waals surface area (Å²) in [7, 11) is 0. The average molecular weight is 413 g/mol. The summed E-state index contributed by atoms with van der Waals surface area (Å²) in [6.45, 7) is 1.52. The maximum atomic E-state index is 12.8. The lowest BCUT2D eigenvalue weighted by molar-refractivity contribution is -0.131. The summed E-state index contributed by atoms with van der Waals surface area (Å²) in [5, 5.41) is 0. The van der Waals surface area contributed by atoms with Gasteiger partial charge in [0.1, 0.15) is 11.6 Å². The van der Waals surface area contributed by atoms with Crippen molar-refractivity contribution in [2.75, 3.05) is 0 Å². The Morgan fingerprint density at radius 2 is 1.92 bits per heavy atom. The molecule has 0 radical (unpaired) electrons. The summed E-state index contributed by atoms with van der Waals surface area (Å²) < 4.78 is 19.1. The lowest BCUT2D eigenvalue weighted by Crippen LogP contribution is -2.46. The zero-order valence-corrected chi connectivity index (χ0v) is 15.0. The Kier molecular flexibility index (Phi) is 6.51. The molecule has 24 heavy (non-hydrogen) atoms. The van der Waals surface area contributed by atoms with E-state index in [1.165, 1.54) is 48.6 Å². The van der Waals surface area contributed by atoms with E-state index in [-0.39, 0.29) is 0 Å². The van der Waals surface area contributed by atoms with Crippen LogP contribution in [0.5, 0.6) is 5.75 Å². The quantitative estimate of drug-likeness (QED) is 0.584. The zero-order chi connectivity index (χ0) is 17.5. The van der Waals surface area contributed by atoms with Crippen LogP contribution in [0.25, 0.3) is 6.08 Å². The number of hydrogen-bond acceptors (Lipinski definition) is 4. The first-order chi connectivity index (χ1) is 11.4. The molecule has 0 fully saturated rings. The molecule has 0 aliphatic heterocycles. The second-order valence-corrected chi connectivity index (χ2v) is 7.16. The van der Waals surface area contributed by atoms with Crippen LogP contribution in [0.1, 0.15) is 11.8 Å². The van der Waals surface area contributed by atoms with Gasteiger partial charge in [-0.2, -0.15) is 0 Å². The predicted molar refractivity (Wildman–Crippen MR) is 93.8 cm³/mol. The molecule has 0 bridgehead atoms. The summed E-state index contributed by atoms with van der Waals surface area (Å²) >= 11 is 4.81. The van der Waals surface area contributed by atoms with Gasteiger partial charge in [-0.1, -0.05) is 0 Å². The van der Waals surface area contributed by atoms with Crippen molar-refractivity contribution in [3.05, 3.63) is 57.0 Å². The molecule has 0 spiro atoms. The topological polar surface area (TPSA) is 67.4 Å². The van der Waals surface area contributed by atoms with Gasteiger partial charge in [0.25, 0.3) is 11.8 Å². The van der Waals surface area contributed by atoms with Crippen LogP contribution in [0.15, 0.2) is 46.3 Å². The van der Waals surface area contributed by atoms with Gasteiger partial charge >= 0.3 is 0 Å². The third-order valence-electron chi connectivity index (χ3n) is 2.80. The van der Waals surface area contributed by atoms with Gasteiger partial charge in [0.05, 0.1) is 3.79 Å². The molecule has 0 aliphatic rings. The molecule has 0 aliphatic carbocycles. The molecule has 126 valence electrons. The molecular formula is C16H14BrFN2O3S. The zero-order valence-electron chi connectivity index (χ0n) is 12.6. The summed E-state index contributed by atoms with van der Waals surface area (Å²) in [5.74, 6) is -1.04. The highest BCUT2D eigenvalue weighted by Gasteiger charge is 2.14. The number of thiophene rings is 1. The Balaban J connectivity index is 1.78. The van der Waals surface area contributed by atoms with Crippen molar-refractivity contribution in [1.82, 2.24) is 10.9 Å². The van der Waals surface area contributed by atoms with Crippen molar-refractivity contribution in [1.29, 1.82) is 0 Å². The fourth-order valence-corrected chi connectivity index (χ4v) is 2.94. The number of halogens is 2. The lowest BCUT2D eigenvalue weighted by atomic mass is 10.3. The minimum Gasteiger partial charge on any atom is -0.481 e. The molecule has 0 saturated heterocycles. The van der Waals surface area contributed by atoms with Crippen LogP contribution >= 0.6 is 27.3 Å². The van der Waals surface area contributed by atoms with E-state index in [4.69, 9.17) is 4.74 Å². The van der Waals surface area contributed by atoms with E-state index in [1.54, 1.807) is 6.08 Å². The molecule has 8 heteroatoms. The smallest absolute Gasteiger partial charge is 0.279 e. The predicted octanol–water partition coefficient (Wildman–Crippen LogP) is 3.28. The number of hydrogen-bond donors (Lipinski definition) is 2. The first kappa shape index (κ1) is 18.2. The molecule has 0 saturated carbocycles. The number of ether oxygens (including phenoxy) is 1. The maximum Gasteiger partial charge on any atom is 0.279 e. The highest BCUT2D eigenvalue weighted by Crippen LogP contribution is 2.22. The number of nitrogens with one attached hydrogen (secondary N) is 2. The van der Waals surface area contributed by atoms with E-state index in [1.807, 2.05) is 12.1 Å². The summed E-state index contributed by atoms with van der Waals surface area (Å²) in [5.41, 5.74) is 4.52. The molecule has 2 N–H and O–H groups in total. The molecule has 1 aromatic carbocycles. The number of rotatable bonds is 5. The molecule has 0 unspecified atom stereocenters. The second-order valence-electron chi connectivity index (χ2n) is 4.67. The van der Waals surface area contributed by atoms with Crippen LogP contribution in [0.4, 0.5) is 4.39 Å². The third kappa shape index (κ3) is 5.78. The number of amides is 2. The molecule has 1 aromatic heterocycles. The first-order valence-electron chi connectivity index (χ1n) is 6.89. The Morgan fingerprint density at radius 3 is 2.54 bits per heavy atom. The highest BCUT2D eigenvalue weighted by atomic mass is 79.9. The number of hydrazine groups is 1. The van der Waals surface area contributed by atoms with Crippen LogP contribution in [-0.2, 0) is 9.59 Å². The third-order valence-corrected chi connectivity index (χ3v) is 4.39. The van der Waals surface area contributed by atoms with Gasteiger partial charge in [-0.05, 0) is 65.3 Å². The van der Waals surface area contributed by atoms with Crippen LogP contribution in [0.3, 0.4) is 0 Å². The van der Waals surface area contributed by atoms with E-state index in [0.29, 0.717) is 5.75 Å². The standard InChI is InChI=1S/C16H14BrFN2O3S/c1-10(23-12-4-2-11(18)3-5-12)16(22)20-19-15(21)9-7-13-6-8-14(17)24-13/h2-10H,1H3,(H,19,21)(H,20,22)/b9-7+/t10-/m0/s1. The van der Waals surface area contributed by atoms with Crippen LogP contribution < -0.4 is 15.6 Å². The van der Waals surface area contributed by atoms with Gasteiger partial charge < -0.3 is 4.74 Å².